The Balaban J connectivity index is 3.60. The van der Waals surface area contributed by atoms with E-state index in [9.17, 15) is 4.79 Å². The van der Waals surface area contributed by atoms with E-state index in [4.69, 9.17) is 9.47 Å². The van der Waals surface area contributed by atoms with Crippen molar-refractivity contribution in [2.45, 2.75) is 20.0 Å². The Kier molecular flexibility index (Phi) is 4.84. The van der Waals surface area contributed by atoms with Crippen LogP contribution in [0.2, 0.25) is 0 Å². The SMILES string of the molecule is C=COC(C)COC(=O)C(=C)C. The molecule has 1 atom stereocenters. The Bertz CT molecular complexity index is 184. The van der Waals surface area contributed by atoms with Gasteiger partial charge in [-0.05, 0) is 13.8 Å². The van der Waals surface area contributed by atoms with Crippen molar-refractivity contribution in [3.05, 3.63) is 25.0 Å². The standard InChI is InChI=1S/C9H14O3/c1-5-11-8(4)6-12-9(10)7(2)3/h5,8H,1-2,6H2,3-4H3. The van der Waals surface area contributed by atoms with E-state index in [1.165, 1.54) is 6.26 Å². The number of carbonyl (C=O) groups is 1. The molecular weight excluding hydrogens is 156 g/mol. The number of ether oxygens (including phenoxy) is 2. The molecule has 0 aromatic heterocycles. The Morgan fingerprint density at radius 3 is 2.67 bits per heavy atom. The van der Waals surface area contributed by atoms with E-state index in [2.05, 4.69) is 13.2 Å². The van der Waals surface area contributed by atoms with Crippen LogP contribution in [0.15, 0.2) is 25.0 Å². The molecule has 12 heavy (non-hydrogen) atoms. The molecule has 0 fully saturated rings. The Hall–Kier alpha value is -1.25. The molecule has 0 aromatic carbocycles. The van der Waals surface area contributed by atoms with E-state index in [0.29, 0.717) is 5.57 Å². The summed E-state index contributed by atoms with van der Waals surface area (Å²) >= 11 is 0. The van der Waals surface area contributed by atoms with Gasteiger partial charge >= 0.3 is 5.97 Å². The molecular formula is C9H14O3. The van der Waals surface area contributed by atoms with Gasteiger partial charge in [0.05, 0.1) is 6.26 Å². The second kappa shape index (κ2) is 5.41. The average molecular weight is 170 g/mol. The molecule has 0 saturated heterocycles. The van der Waals surface area contributed by atoms with Crippen LogP contribution in [-0.2, 0) is 14.3 Å². The van der Waals surface area contributed by atoms with Crippen molar-refractivity contribution < 1.29 is 14.3 Å². The van der Waals surface area contributed by atoms with Crippen molar-refractivity contribution in [2.75, 3.05) is 6.61 Å². The van der Waals surface area contributed by atoms with Crippen molar-refractivity contribution in [1.82, 2.24) is 0 Å². The first-order chi connectivity index (χ1) is 5.57. The van der Waals surface area contributed by atoms with Crippen LogP contribution in [0.3, 0.4) is 0 Å². The zero-order valence-corrected chi connectivity index (χ0v) is 7.50. The number of hydrogen-bond donors (Lipinski definition) is 0. The van der Waals surface area contributed by atoms with Gasteiger partial charge in [-0.2, -0.15) is 0 Å². The van der Waals surface area contributed by atoms with Crippen molar-refractivity contribution in [1.29, 1.82) is 0 Å². The monoisotopic (exact) mass is 170 g/mol. The van der Waals surface area contributed by atoms with Crippen LogP contribution in [0.4, 0.5) is 0 Å². The third kappa shape index (κ3) is 4.55. The third-order valence-electron chi connectivity index (χ3n) is 1.13. The minimum absolute atomic E-state index is 0.161. The summed E-state index contributed by atoms with van der Waals surface area (Å²) in [7, 11) is 0. The third-order valence-corrected chi connectivity index (χ3v) is 1.13. The molecule has 1 unspecified atom stereocenters. The zero-order chi connectivity index (χ0) is 9.56. The maximum absolute atomic E-state index is 10.8. The lowest BCUT2D eigenvalue weighted by Gasteiger charge is -2.10. The van der Waals surface area contributed by atoms with E-state index in [1.807, 2.05) is 0 Å². The van der Waals surface area contributed by atoms with Gasteiger partial charge in [0.1, 0.15) is 12.7 Å². The van der Waals surface area contributed by atoms with Crippen molar-refractivity contribution in [3.8, 4) is 0 Å². The Morgan fingerprint density at radius 2 is 2.25 bits per heavy atom. The molecule has 0 aliphatic heterocycles. The summed E-state index contributed by atoms with van der Waals surface area (Å²) in [5, 5.41) is 0. The molecule has 0 saturated carbocycles. The van der Waals surface area contributed by atoms with Crippen LogP contribution in [0, 0.1) is 0 Å². The number of carbonyl (C=O) groups excluding carboxylic acids is 1. The van der Waals surface area contributed by atoms with E-state index in [1.54, 1.807) is 13.8 Å². The molecule has 0 amide bonds. The first-order valence-electron chi connectivity index (χ1n) is 3.67. The highest BCUT2D eigenvalue weighted by atomic mass is 16.6. The summed E-state index contributed by atoms with van der Waals surface area (Å²) in [4.78, 5) is 10.8. The smallest absolute Gasteiger partial charge is 0.333 e. The van der Waals surface area contributed by atoms with Gasteiger partial charge in [0, 0.05) is 5.57 Å². The molecule has 0 spiro atoms. The van der Waals surface area contributed by atoms with Crippen LogP contribution in [0.5, 0.6) is 0 Å². The van der Waals surface area contributed by atoms with Gasteiger partial charge in [0.2, 0.25) is 0 Å². The fourth-order valence-corrected chi connectivity index (χ4v) is 0.520. The van der Waals surface area contributed by atoms with Crippen LogP contribution < -0.4 is 0 Å². The molecule has 3 heteroatoms. The minimum atomic E-state index is -0.394. The van der Waals surface area contributed by atoms with Gasteiger partial charge in [0.25, 0.3) is 0 Å². The van der Waals surface area contributed by atoms with Crippen LogP contribution in [0.25, 0.3) is 0 Å². The van der Waals surface area contributed by atoms with E-state index in [-0.39, 0.29) is 12.7 Å². The number of esters is 1. The zero-order valence-electron chi connectivity index (χ0n) is 7.50. The summed E-state index contributed by atoms with van der Waals surface area (Å²) in [5.41, 5.74) is 0.390. The normalized spacial score (nSPS) is 11.5. The van der Waals surface area contributed by atoms with Crippen LogP contribution in [-0.4, -0.2) is 18.7 Å². The summed E-state index contributed by atoms with van der Waals surface area (Å²) < 4.78 is 9.74. The minimum Gasteiger partial charge on any atom is -0.495 e. The predicted octanol–water partition coefficient (Wildman–Crippen LogP) is 1.65. The van der Waals surface area contributed by atoms with Gasteiger partial charge in [-0.3, -0.25) is 0 Å². The molecule has 0 N–H and O–H groups in total. The van der Waals surface area contributed by atoms with Gasteiger partial charge < -0.3 is 9.47 Å². The predicted molar refractivity (Wildman–Crippen MR) is 46.5 cm³/mol. The maximum Gasteiger partial charge on any atom is 0.333 e. The largest absolute Gasteiger partial charge is 0.495 e. The van der Waals surface area contributed by atoms with Crippen molar-refractivity contribution in [3.63, 3.8) is 0 Å². The van der Waals surface area contributed by atoms with Crippen molar-refractivity contribution >= 4 is 5.97 Å². The summed E-state index contributed by atoms with van der Waals surface area (Å²) in [6, 6.07) is 0. The molecule has 0 aromatic rings. The maximum atomic E-state index is 10.8. The second-order valence-corrected chi connectivity index (χ2v) is 2.49. The number of hydrogen-bond acceptors (Lipinski definition) is 3. The second-order valence-electron chi connectivity index (χ2n) is 2.49. The topological polar surface area (TPSA) is 35.5 Å². The molecule has 68 valence electrons. The van der Waals surface area contributed by atoms with E-state index in [0.717, 1.165) is 0 Å². The fourth-order valence-electron chi connectivity index (χ4n) is 0.520. The van der Waals surface area contributed by atoms with Gasteiger partial charge in [-0.15, -0.1) is 0 Å². The summed E-state index contributed by atoms with van der Waals surface area (Å²) in [6.45, 7) is 10.4. The highest BCUT2D eigenvalue weighted by Gasteiger charge is 2.06. The molecule has 0 radical (unpaired) electrons. The lowest BCUT2D eigenvalue weighted by atomic mass is 10.3. The van der Waals surface area contributed by atoms with E-state index >= 15 is 0 Å². The Labute approximate surface area is 72.7 Å². The van der Waals surface area contributed by atoms with Gasteiger partial charge in [-0.1, -0.05) is 13.2 Å². The molecule has 0 bridgehead atoms. The molecule has 3 nitrogen and oxygen atoms in total. The van der Waals surface area contributed by atoms with E-state index < -0.39 is 5.97 Å². The van der Waals surface area contributed by atoms with Crippen molar-refractivity contribution in [2.24, 2.45) is 0 Å². The summed E-state index contributed by atoms with van der Waals surface area (Å²) in [6.07, 6.45) is 1.16. The van der Waals surface area contributed by atoms with Crippen LogP contribution >= 0.6 is 0 Å². The van der Waals surface area contributed by atoms with Crippen LogP contribution in [0.1, 0.15) is 13.8 Å². The van der Waals surface area contributed by atoms with Gasteiger partial charge in [-0.25, -0.2) is 4.79 Å². The lowest BCUT2D eigenvalue weighted by Crippen LogP contribution is -2.17. The highest BCUT2D eigenvalue weighted by molar-refractivity contribution is 5.86. The highest BCUT2D eigenvalue weighted by Crippen LogP contribution is 1.96. The quantitative estimate of drug-likeness (QED) is 0.357. The fraction of sp³-hybridized carbons (Fsp3) is 0.444. The first-order valence-corrected chi connectivity index (χ1v) is 3.67. The molecule has 0 aliphatic rings. The lowest BCUT2D eigenvalue weighted by molar-refractivity contribution is -0.141. The summed E-state index contributed by atoms with van der Waals surface area (Å²) in [5.74, 6) is -0.394. The van der Waals surface area contributed by atoms with Gasteiger partial charge in [0.15, 0.2) is 0 Å². The molecule has 0 rings (SSSR count). The number of rotatable bonds is 5. The first kappa shape index (κ1) is 10.8. The molecule has 0 heterocycles. The average Bonchev–Trinajstić information content (AvgIpc) is 2.00. The molecule has 0 aliphatic carbocycles. The Morgan fingerprint density at radius 1 is 1.67 bits per heavy atom.